The first-order valence-corrected chi connectivity index (χ1v) is 9.11. The zero-order valence-corrected chi connectivity index (χ0v) is 15.5. The lowest BCUT2D eigenvalue weighted by Crippen LogP contribution is -2.15. The number of hydrogen-bond donors (Lipinski definition) is 0. The third-order valence-electron chi connectivity index (χ3n) is 4.20. The number of carbonyl (C=O) groups excluding carboxylic acids is 1. The van der Waals surface area contributed by atoms with E-state index in [0.717, 1.165) is 24.8 Å². The molecule has 5 nitrogen and oxygen atoms in total. The van der Waals surface area contributed by atoms with Crippen molar-refractivity contribution in [3.05, 3.63) is 65.5 Å². The average molecular weight is 367 g/mol. The Labute approximate surface area is 157 Å². The standard InChI is InChI=1S/C21H22FN3O2/c1-3-5-13-27-21-23-19(16-11-9-15(4-2)10-12-16)25(24-21)20(26)17-7-6-8-18(22)14-17/h6-12,14H,3-5,13H2,1-2H3. The highest BCUT2D eigenvalue weighted by atomic mass is 19.1. The molecular formula is C21H22FN3O2. The van der Waals surface area contributed by atoms with Crippen LogP contribution >= 0.6 is 0 Å². The Morgan fingerprint density at radius 1 is 1.15 bits per heavy atom. The molecule has 0 aliphatic carbocycles. The fourth-order valence-corrected chi connectivity index (χ4v) is 2.62. The molecule has 0 unspecified atom stereocenters. The number of nitrogens with zero attached hydrogens (tertiary/aromatic N) is 3. The summed E-state index contributed by atoms with van der Waals surface area (Å²) in [6.07, 6.45) is 2.77. The molecule has 0 amide bonds. The van der Waals surface area contributed by atoms with E-state index in [9.17, 15) is 9.18 Å². The third-order valence-corrected chi connectivity index (χ3v) is 4.20. The Hall–Kier alpha value is -3.02. The lowest BCUT2D eigenvalue weighted by atomic mass is 10.1. The molecule has 0 N–H and O–H groups in total. The highest BCUT2D eigenvalue weighted by Gasteiger charge is 2.20. The van der Waals surface area contributed by atoms with Gasteiger partial charge in [0.15, 0.2) is 5.82 Å². The molecule has 3 rings (SSSR count). The molecule has 0 bridgehead atoms. The SMILES string of the molecule is CCCCOc1nc(-c2ccc(CC)cc2)n(C(=O)c2cccc(F)c2)n1. The Morgan fingerprint density at radius 2 is 1.93 bits per heavy atom. The number of carbonyl (C=O) groups is 1. The molecule has 0 fully saturated rings. The van der Waals surface area contributed by atoms with Gasteiger partial charge in [0.2, 0.25) is 0 Å². The highest BCUT2D eigenvalue weighted by Crippen LogP contribution is 2.22. The molecule has 27 heavy (non-hydrogen) atoms. The molecule has 1 aromatic heterocycles. The molecule has 0 spiro atoms. The van der Waals surface area contributed by atoms with E-state index in [1.54, 1.807) is 6.07 Å². The van der Waals surface area contributed by atoms with Gasteiger partial charge in [0.25, 0.3) is 5.91 Å². The maximum absolute atomic E-state index is 13.5. The van der Waals surface area contributed by atoms with E-state index in [1.165, 1.54) is 28.4 Å². The molecule has 0 atom stereocenters. The molecule has 140 valence electrons. The van der Waals surface area contributed by atoms with Crippen LogP contribution in [0.25, 0.3) is 11.4 Å². The minimum absolute atomic E-state index is 0.141. The molecule has 1 heterocycles. The van der Waals surface area contributed by atoms with E-state index in [1.807, 2.05) is 24.3 Å². The molecule has 0 aliphatic rings. The minimum Gasteiger partial charge on any atom is -0.462 e. The van der Waals surface area contributed by atoms with Crippen molar-refractivity contribution in [2.45, 2.75) is 33.1 Å². The van der Waals surface area contributed by atoms with Crippen molar-refractivity contribution in [2.24, 2.45) is 0 Å². The highest BCUT2D eigenvalue weighted by molar-refractivity contribution is 5.97. The smallest absolute Gasteiger partial charge is 0.336 e. The lowest BCUT2D eigenvalue weighted by Gasteiger charge is -2.05. The maximum Gasteiger partial charge on any atom is 0.336 e. The first-order valence-electron chi connectivity index (χ1n) is 9.11. The van der Waals surface area contributed by atoms with Crippen LogP contribution < -0.4 is 4.74 Å². The topological polar surface area (TPSA) is 57.0 Å². The van der Waals surface area contributed by atoms with Gasteiger partial charge in [-0.15, -0.1) is 5.10 Å². The molecule has 2 aromatic carbocycles. The van der Waals surface area contributed by atoms with Crippen molar-refractivity contribution >= 4 is 5.91 Å². The normalized spacial score (nSPS) is 10.8. The number of benzene rings is 2. The predicted octanol–water partition coefficient (Wildman–Crippen LogP) is 4.51. The molecule has 0 saturated carbocycles. The van der Waals surface area contributed by atoms with Gasteiger partial charge in [0.1, 0.15) is 5.82 Å². The largest absolute Gasteiger partial charge is 0.462 e. The summed E-state index contributed by atoms with van der Waals surface area (Å²) >= 11 is 0. The summed E-state index contributed by atoms with van der Waals surface area (Å²) < 4.78 is 20.3. The summed E-state index contributed by atoms with van der Waals surface area (Å²) in [7, 11) is 0. The van der Waals surface area contributed by atoms with Crippen molar-refractivity contribution in [1.29, 1.82) is 0 Å². The zero-order valence-electron chi connectivity index (χ0n) is 15.5. The van der Waals surface area contributed by atoms with Gasteiger partial charge in [-0.2, -0.15) is 9.67 Å². The van der Waals surface area contributed by atoms with E-state index in [-0.39, 0.29) is 11.6 Å². The number of ether oxygens (including phenoxy) is 1. The summed E-state index contributed by atoms with van der Waals surface area (Å²) in [5.41, 5.74) is 2.13. The molecule has 6 heteroatoms. The van der Waals surface area contributed by atoms with Gasteiger partial charge < -0.3 is 4.74 Å². The average Bonchev–Trinajstić information content (AvgIpc) is 3.12. The summed E-state index contributed by atoms with van der Waals surface area (Å²) in [4.78, 5) is 17.3. The third kappa shape index (κ3) is 4.39. The van der Waals surface area contributed by atoms with Crippen LogP contribution in [-0.2, 0) is 6.42 Å². The Balaban J connectivity index is 2.00. The first-order chi connectivity index (χ1) is 13.1. The van der Waals surface area contributed by atoms with Crippen LogP contribution in [0.4, 0.5) is 4.39 Å². The van der Waals surface area contributed by atoms with E-state index in [0.29, 0.717) is 12.4 Å². The lowest BCUT2D eigenvalue weighted by molar-refractivity contribution is 0.0944. The maximum atomic E-state index is 13.5. The van der Waals surface area contributed by atoms with Gasteiger partial charge in [-0.25, -0.2) is 4.39 Å². The van der Waals surface area contributed by atoms with Crippen LogP contribution in [0.3, 0.4) is 0 Å². The number of aryl methyl sites for hydroxylation is 1. The second-order valence-electron chi connectivity index (χ2n) is 6.20. The van der Waals surface area contributed by atoms with E-state index in [4.69, 9.17) is 4.74 Å². The molecule has 0 radical (unpaired) electrons. The van der Waals surface area contributed by atoms with Crippen LogP contribution in [0.15, 0.2) is 48.5 Å². The van der Waals surface area contributed by atoms with Gasteiger partial charge in [-0.05, 0) is 36.6 Å². The Kier molecular flexibility index (Phi) is 5.96. The van der Waals surface area contributed by atoms with Gasteiger partial charge in [-0.1, -0.05) is 50.6 Å². The van der Waals surface area contributed by atoms with Crippen LogP contribution in [-0.4, -0.2) is 27.3 Å². The summed E-state index contributed by atoms with van der Waals surface area (Å²) in [5.74, 6) is -0.561. The van der Waals surface area contributed by atoms with Crippen LogP contribution in [0, 0.1) is 5.82 Å². The fraction of sp³-hybridized carbons (Fsp3) is 0.286. The minimum atomic E-state index is -0.478. The predicted molar refractivity (Wildman–Crippen MR) is 101 cm³/mol. The van der Waals surface area contributed by atoms with Crippen molar-refractivity contribution in [3.8, 4) is 17.4 Å². The summed E-state index contributed by atoms with van der Waals surface area (Å²) in [6.45, 7) is 4.61. The number of rotatable bonds is 7. The van der Waals surface area contributed by atoms with Gasteiger partial charge in [0.05, 0.1) is 6.61 Å². The molecule has 0 aliphatic heterocycles. The van der Waals surface area contributed by atoms with E-state index in [2.05, 4.69) is 23.9 Å². The van der Waals surface area contributed by atoms with Crippen LogP contribution in [0.5, 0.6) is 6.01 Å². The monoisotopic (exact) mass is 367 g/mol. The number of unbranched alkanes of at least 4 members (excludes halogenated alkanes) is 1. The van der Waals surface area contributed by atoms with Gasteiger partial charge in [0, 0.05) is 11.1 Å². The Bertz CT molecular complexity index is 919. The van der Waals surface area contributed by atoms with E-state index >= 15 is 0 Å². The molecular weight excluding hydrogens is 345 g/mol. The fourth-order valence-electron chi connectivity index (χ4n) is 2.62. The number of aromatic nitrogens is 3. The zero-order chi connectivity index (χ0) is 19.2. The quantitative estimate of drug-likeness (QED) is 0.577. The van der Waals surface area contributed by atoms with Gasteiger partial charge >= 0.3 is 6.01 Å². The van der Waals surface area contributed by atoms with Crippen molar-refractivity contribution in [3.63, 3.8) is 0 Å². The van der Waals surface area contributed by atoms with Gasteiger partial charge in [-0.3, -0.25) is 4.79 Å². The summed E-state index contributed by atoms with van der Waals surface area (Å²) in [6, 6.07) is 13.4. The van der Waals surface area contributed by atoms with Crippen molar-refractivity contribution in [1.82, 2.24) is 14.8 Å². The number of hydrogen-bond acceptors (Lipinski definition) is 4. The van der Waals surface area contributed by atoms with Crippen molar-refractivity contribution < 1.29 is 13.9 Å². The van der Waals surface area contributed by atoms with Crippen LogP contribution in [0.2, 0.25) is 0 Å². The first kappa shape index (κ1) is 18.8. The number of halogens is 1. The molecule has 0 saturated heterocycles. The van der Waals surface area contributed by atoms with E-state index < -0.39 is 11.7 Å². The second-order valence-corrected chi connectivity index (χ2v) is 6.20. The second kappa shape index (κ2) is 8.58. The summed E-state index contributed by atoms with van der Waals surface area (Å²) in [5, 5.41) is 4.22. The van der Waals surface area contributed by atoms with Crippen LogP contribution in [0.1, 0.15) is 42.6 Å². The Morgan fingerprint density at radius 3 is 2.59 bits per heavy atom. The van der Waals surface area contributed by atoms with Crippen molar-refractivity contribution in [2.75, 3.05) is 6.61 Å². The molecule has 3 aromatic rings.